The Morgan fingerprint density at radius 1 is 0.970 bits per heavy atom. The second-order valence-electron chi connectivity index (χ2n) is 7.75. The molecule has 4 aromatic rings. The van der Waals surface area contributed by atoms with Gasteiger partial charge in [-0.15, -0.1) is 0 Å². The van der Waals surface area contributed by atoms with Gasteiger partial charge in [0.05, 0.1) is 0 Å². The van der Waals surface area contributed by atoms with Crippen molar-refractivity contribution in [1.29, 1.82) is 0 Å². The number of Topliss-reactive ketones (excluding diaryl/α,β-unsaturated/α-hetero) is 1. The number of para-hydroxylation sites is 2. The summed E-state index contributed by atoms with van der Waals surface area (Å²) in [5.41, 5.74) is 4.63. The van der Waals surface area contributed by atoms with E-state index < -0.39 is 6.09 Å². The number of carboxylic acid groups (broad SMARTS) is 1. The van der Waals surface area contributed by atoms with Crippen molar-refractivity contribution in [3.05, 3.63) is 102 Å². The molecule has 0 aliphatic heterocycles. The molecule has 1 heterocycles. The van der Waals surface area contributed by atoms with Crippen molar-refractivity contribution in [2.24, 2.45) is 0 Å². The van der Waals surface area contributed by atoms with Crippen molar-refractivity contribution in [2.75, 3.05) is 11.4 Å². The van der Waals surface area contributed by atoms with Gasteiger partial charge in [-0.1, -0.05) is 36.4 Å². The molecule has 3 aromatic carbocycles. The number of fused-ring (bicyclic) bond motifs is 1. The topological polar surface area (TPSA) is 73.4 Å². The number of aromatic nitrogens is 1. The molecule has 6 heteroatoms. The molecule has 33 heavy (non-hydrogen) atoms. The van der Waals surface area contributed by atoms with Crippen LogP contribution in [0.5, 0.6) is 0 Å². The first kappa shape index (κ1) is 23.7. The molecule has 0 unspecified atom stereocenters. The number of halogens is 1. The van der Waals surface area contributed by atoms with Crippen LogP contribution in [-0.2, 0) is 6.42 Å². The van der Waals surface area contributed by atoms with Gasteiger partial charge in [-0.25, -0.2) is 9.18 Å². The van der Waals surface area contributed by atoms with Crippen LogP contribution in [0.2, 0.25) is 0 Å². The number of amides is 1. The van der Waals surface area contributed by atoms with Crippen molar-refractivity contribution in [3.63, 3.8) is 0 Å². The van der Waals surface area contributed by atoms with Crippen LogP contribution in [0.1, 0.15) is 34.8 Å². The summed E-state index contributed by atoms with van der Waals surface area (Å²) in [6.45, 7) is 3.87. The van der Waals surface area contributed by atoms with Gasteiger partial charge in [-0.3, -0.25) is 9.69 Å². The number of hydrogen-bond acceptors (Lipinski definition) is 2. The number of nitrogens with zero attached hydrogens (tertiary/aromatic N) is 1. The van der Waals surface area contributed by atoms with Crippen LogP contribution in [0, 0.1) is 12.7 Å². The predicted molar refractivity (Wildman–Crippen MR) is 130 cm³/mol. The van der Waals surface area contributed by atoms with Crippen LogP contribution in [0.25, 0.3) is 10.9 Å². The predicted octanol–water partition coefficient (Wildman–Crippen LogP) is 6.62. The maximum Gasteiger partial charge on any atom is 0.411 e. The summed E-state index contributed by atoms with van der Waals surface area (Å²) in [7, 11) is 0. The molecular formula is C27H27FN2O3. The number of nitrogens with one attached hydrogen (secondary N) is 1. The monoisotopic (exact) mass is 446 g/mol. The Hall–Kier alpha value is -3.93. The molecule has 0 saturated carbocycles. The summed E-state index contributed by atoms with van der Waals surface area (Å²) in [5.74, 6) is -0.356. The van der Waals surface area contributed by atoms with Crippen molar-refractivity contribution in [2.45, 2.75) is 26.7 Å². The molecule has 0 fully saturated rings. The number of carbonyl (C=O) groups is 2. The number of hydrogen-bond donors (Lipinski definition) is 2. The lowest BCUT2D eigenvalue weighted by Gasteiger charge is -2.21. The molecule has 0 saturated heterocycles. The van der Waals surface area contributed by atoms with E-state index in [1.807, 2.05) is 49.5 Å². The van der Waals surface area contributed by atoms with Crippen LogP contribution < -0.4 is 4.90 Å². The number of ketones is 1. The van der Waals surface area contributed by atoms with Crippen molar-refractivity contribution in [3.8, 4) is 0 Å². The highest BCUT2D eigenvalue weighted by atomic mass is 19.1. The molecule has 0 radical (unpaired) electrons. The van der Waals surface area contributed by atoms with Gasteiger partial charge in [-0.05, 0) is 74.2 Å². The van der Waals surface area contributed by atoms with Gasteiger partial charge in [0.2, 0.25) is 0 Å². The van der Waals surface area contributed by atoms with Crippen LogP contribution >= 0.6 is 0 Å². The van der Waals surface area contributed by atoms with E-state index in [2.05, 4.69) is 17.1 Å². The smallest absolute Gasteiger partial charge is 0.411 e. The van der Waals surface area contributed by atoms with Crippen LogP contribution in [-0.4, -0.2) is 28.5 Å². The van der Waals surface area contributed by atoms with Crippen molar-refractivity contribution in [1.82, 2.24) is 4.98 Å². The lowest BCUT2D eigenvalue weighted by atomic mass is 10.1. The lowest BCUT2D eigenvalue weighted by molar-refractivity contribution is 0.101. The molecule has 2 N–H and O–H groups in total. The van der Waals surface area contributed by atoms with E-state index in [9.17, 15) is 19.1 Å². The molecule has 170 valence electrons. The average molecular weight is 447 g/mol. The second-order valence-corrected chi connectivity index (χ2v) is 7.75. The number of aromatic amines is 1. The molecule has 0 bridgehead atoms. The van der Waals surface area contributed by atoms with Gasteiger partial charge in [0.25, 0.3) is 0 Å². The van der Waals surface area contributed by atoms with Gasteiger partial charge >= 0.3 is 6.09 Å². The minimum atomic E-state index is -0.904. The highest BCUT2D eigenvalue weighted by molar-refractivity contribution is 5.93. The molecule has 5 nitrogen and oxygen atoms in total. The number of carbonyl (C=O) groups excluding carboxylic acids is 1. The first-order valence-corrected chi connectivity index (χ1v) is 10.7. The fourth-order valence-electron chi connectivity index (χ4n) is 3.64. The highest BCUT2D eigenvalue weighted by Gasteiger charge is 2.16. The Kier molecular flexibility index (Phi) is 7.97. The maximum atomic E-state index is 12.2. The minimum absolute atomic E-state index is 0.0417. The SMILES string of the molecule is CC(=O)c1ccc(F)cc1.Cc1ccccc1N(CCCc1c[nH]c2ccccc12)C(=O)O. The third-order valence-electron chi connectivity index (χ3n) is 5.39. The number of anilines is 1. The van der Waals surface area contributed by atoms with Crippen molar-refractivity contribution >= 4 is 28.5 Å². The number of benzene rings is 3. The summed E-state index contributed by atoms with van der Waals surface area (Å²) in [4.78, 5) is 26.9. The highest BCUT2D eigenvalue weighted by Crippen LogP contribution is 2.22. The molecule has 0 aliphatic rings. The van der Waals surface area contributed by atoms with E-state index in [0.29, 0.717) is 12.1 Å². The zero-order chi connectivity index (χ0) is 23.8. The summed E-state index contributed by atoms with van der Waals surface area (Å²) in [6.07, 6.45) is 2.74. The van der Waals surface area contributed by atoms with Gasteiger partial charge in [0, 0.05) is 34.9 Å². The molecular weight excluding hydrogens is 419 g/mol. The molecule has 1 amide bonds. The minimum Gasteiger partial charge on any atom is -0.465 e. The summed E-state index contributed by atoms with van der Waals surface area (Å²) in [5, 5.41) is 10.7. The first-order chi connectivity index (χ1) is 15.9. The lowest BCUT2D eigenvalue weighted by Crippen LogP contribution is -2.31. The molecule has 1 aromatic heterocycles. The molecule has 0 atom stereocenters. The zero-order valence-electron chi connectivity index (χ0n) is 18.7. The molecule has 0 aliphatic carbocycles. The van der Waals surface area contributed by atoms with Crippen LogP contribution in [0.15, 0.2) is 79.0 Å². The normalized spacial score (nSPS) is 10.4. The number of H-pyrrole nitrogens is 1. The number of aryl methyl sites for hydroxylation is 2. The third-order valence-corrected chi connectivity index (χ3v) is 5.39. The number of rotatable bonds is 6. The van der Waals surface area contributed by atoms with E-state index in [-0.39, 0.29) is 11.6 Å². The van der Waals surface area contributed by atoms with E-state index in [0.717, 1.165) is 29.6 Å². The van der Waals surface area contributed by atoms with Gasteiger partial charge in [0.1, 0.15) is 5.82 Å². The summed E-state index contributed by atoms with van der Waals surface area (Å²) < 4.78 is 12.2. The Balaban J connectivity index is 0.000000257. The van der Waals surface area contributed by atoms with E-state index in [1.165, 1.54) is 47.0 Å². The van der Waals surface area contributed by atoms with E-state index >= 15 is 0 Å². The van der Waals surface area contributed by atoms with Crippen molar-refractivity contribution < 1.29 is 19.1 Å². The molecule has 4 rings (SSSR count). The Morgan fingerprint density at radius 2 is 1.64 bits per heavy atom. The standard InChI is InChI=1S/C19H20N2O2.C8H7FO/c1-14-7-2-5-11-18(14)21(19(22)23)12-6-8-15-13-20-17-10-4-3-9-16(15)17;1-6(10)7-2-4-8(9)5-3-7/h2-5,7,9-11,13,20H,6,8,12H2,1H3,(H,22,23);2-5H,1H3. The van der Waals surface area contributed by atoms with E-state index in [4.69, 9.17) is 0 Å². The summed E-state index contributed by atoms with van der Waals surface area (Å²) >= 11 is 0. The van der Waals surface area contributed by atoms with Crippen LogP contribution in [0.3, 0.4) is 0 Å². The quantitative estimate of drug-likeness (QED) is 0.327. The summed E-state index contributed by atoms with van der Waals surface area (Å²) in [6, 6.07) is 21.3. The second kappa shape index (κ2) is 11.1. The van der Waals surface area contributed by atoms with Crippen LogP contribution in [0.4, 0.5) is 14.9 Å². The Bertz CT molecular complexity index is 1230. The van der Waals surface area contributed by atoms with E-state index in [1.54, 1.807) is 0 Å². The largest absolute Gasteiger partial charge is 0.465 e. The zero-order valence-corrected chi connectivity index (χ0v) is 18.7. The molecule has 0 spiro atoms. The maximum absolute atomic E-state index is 12.2. The van der Waals surface area contributed by atoms with Gasteiger partial charge in [0.15, 0.2) is 5.78 Å². The Labute approximate surface area is 192 Å². The fourth-order valence-corrected chi connectivity index (χ4v) is 3.64. The average Bonchev–Trinajstić information content (AvgIpc) is 3.21. The van der Waals surface area contributed by atoms with Gasteiger partial charge in [-0.2, -0.15) is 0 Å². The first-order valence-electron chi connectivity index (χ1n) is 10.7. The third kappa shape index (κ3) is 6.29. The Morgan fingerprint density at radius 3 is 2.30 bits per heavy atom. The van der Waals surface area contributed by atoms with Gasteiger partial charge < -0.3 is 10.1 Å². The fraction of sp³-hybridized carbons (Fsp3) is 0.185.